The number of hydrogen-bond donors (Lipinski definition) is 4. The van der Waals surface area contributed by atoms with Gasteiger partial charge in [0, 0.05) is 119 Å². The Balaban J connectivity index is 0.717. The van der Waals surface area contributed by atoms with Gasteiger partial charge in [-0.15, -0.1) is 0 Å². The number of carbonyl (C=O) groups is 8. The summed E-state index contributed by atoms with van der Waals surface area (Å²) in [7, 11) is 0. The molecule has 8 aromatic rings. The van der Waals surface area contributed by atoms with Gasteiger partial charge in [0.15, 0.2) is 11.6 Å². The number of benzene rings is 8. The molecule has 0 spiro atoms. The van der Waals surface area contributed by atoms with Gasteiger partial charge in [-0.05, 0) is 353 Å². The second kappa shape index (κ2) is 42.0. The average Bonchev–Trinajstić information content (AvgIpc) is 0.742. The van der Waals surface area contributed by atoms with Gasteiger partial charge in [0.2, 0.25) is 0 Å². The van der Waals surface area contributed by atoms with Crippen molar-refractivity contribution >= 4 is 88.1 Å². The Bertz CT molecular complexity index is 6740. The molecule has 2 saturated heterocycles. The van der Waals surface area contributed by atoms with Gasteiger partial charge >= 0.3 is 35.8 Å². The van der Waals surface area contributed by atoms with E-state index in [9.17, 15) is 44.4 Å². The van der Waals surface area contributed by atoms with Gasteiger partial charge < -0.3 is 44.4 Å². The van der Waals surface area contributed by atoms with Gasteiger partial charge in [-0.3, -0.25) is 38.8 Å². The van der Waals surface area contributed by atoms with E-state index in [0.29, 0.717) is 84.5 Å². The number of nitrogens with zero attached hydrogens (tertiary/aromatic N) is 6. The normalized spacial score (nSPS) is 20.2. The molecule has 21 nitrogen and oxygen atoms in total. The number of fused-ring (bicyclic) bond motifs is 4. The lowest BCUT2D eigenvalue weighted by Gasteiger charge is -2.46. The summed E-state index contributed by atoms with van der Waals surface area (Å²) in [6.45, 7) is 57.6. The second-order valence-electron chi connectivity index (χ2n) is 48.1. The predicted octanol–water partition coefficient (Wildman–Crippen LogP) is 23.9. The van der Waals surface area contributed by atoms with E-state index in [4.69, 9.17) is 14.2 Å². The van der Waals surface area contributed by atoms with Crippen LogP contribution in [0.3, 0.4) is 0 Å². The zero-order valence-electron chi connectivity index (χ0n) is 90.3. The van der Waals surface area contributed by atoms with Crippen LogP contribution >= 0.6 is 0 Å². The summed E-state index contributed by atoms with van der Waals surface area (Å²) < 4.78 is 19.2. The first kappa shape index (κ1) is 107. The highest BCUT2D eigenvalue weighted by atomic mass is 16.6. The van der Waals surface area contributed by atoms with Crippen molar-refractivity contribution in [3.05, 3.63) is 286 Å². The van der Waals surface area contributed by atoms with E-state index in [-0.39, 0.29) is 88.6 Å². The molecule has 0 aromatic heterocycles. The summed E-state index contributed by atoms with van der Waals surface area (Å²) in [6.07, 6.45) is 20.7. The Kier molecular flexibility index (Phi) is 30.6. The Morgan fingerprint density at radius 3 is 1.23 bits per heavy atom. The molecule has 4 aliphatic heterocycles. The Morgan fingerprint density at radius 1 is 0.367 bits per heavy atom. The lowest BCUT2D eigenvalue weighted by Crippen LogP contribution is -2.50. The predicted molar refractivity (Wildman–Crippen MR) is 586 cm³/mol. The largest absolute Gasteiger partial charge is 0.480 e. The molecule has 4 unspecified atom stereocenters. The fourth-order valence-corrected chi connectivity index (χ4v) is 23.5. The van der Waals surface area contributed by atoms with Crippen LogP contribution in [0.4, 0.5) is 11.4 Å². The molecule has 4 N–H and O–H groups in total. The summed E-state index contributed by atoms with van der Waals surface area (Å²) in [4.78, 5) is 126. The minimum atomic E-state index is -1.42. The highest BCUT2D eigenvalue weighted by molar-refractivity contribution is 6.09. The molecule has 16 rings (SSSR count). The van der Waals surface area contributed by atoms with Crippen molar-refractivity contribution in [1.29, 1.82) is 0 Å². The number of carbonyl (C=O) groups excluding carboxylic acids is 5. The molecule has 21 heteroatoms. The van der Waals surface area contributed by atoms with Crippen molar-refractivity contribution in [2.45, 2.75) is 296 Å². The Labute approximate surface area is 869 Å². The van der Waals surface area contributed by atoms with E-state index < -0.39 is 60.1 Å². The first-order valence-corrected chi connectivity index (χ1v) is 52.9. The summed E-state index contributed by atoms with van der Waals surface area (Å²) in [6, 6.07) is 38.3. The van der Waals surface area contributed by atoms with Crippen molar-refractivity contribution in [3.63, 3.8) is 0 Å². The molecule has 4 aliphatic carbocycles. The quantitative estimate of drug-likeness (QED) is 0.0123. The zero-order chi connectivity index (χ0) is 106. The molecule has 4 atom stereocenters. The number of anilines is 2. The van der Waals surface area contributed by atoms with Crippen molar-refractivity contribution in [3.8, 4) is 23.3 Å². The number of hydrogen-bond acceptors (Lipinski definition) is 18. The molecule has 8 aliphatic rings. The zero-order valence-corrected chi connectivity index (χ0v) is 90.3. The molecule has 0 radical (unpaired) electrons. The van der Waals surface area contributed by atoms with Crippen molar-refractivity contribution < 1.29 is 73.0 Å². The number of carboxylic acids is 3. The first-order chi connectivity index (χ1) is 69.2. The number of rotatable bonds is 27. The van der Waals surface area contributed by atoms with E-state index in [1.165, 1.54) is 81.9 Å². The van der Waals surface area contributed by atoms with Gasteiger partial charge in [-0.2, -0.15) is 0 Å². The summed E-state index contributed by atoms with van der Waals surface area (Å²) in [5.74, 6) is -0.740. The molecule has 0 amide bonds. The molecular formula is C126H150N6O15. The summed E-state index contributed by atoms with van der Waals surface area (Å²) >= 11 is 0. The number of aliphatic carboxylic acids is 2. The molecule has 8 aromatic carbocycles. The van der Waals surface area contributed by atoms with E-state index in [1.807, 2.05) is 64.4 Å². The fraction of sp³-hybridized carbons (Fsp3) is 0.460. The molecule has 4 heterocycles. The molecule has 774 valence electrons. The number of aromatic carboxylic acids is 1. The maximum atomic E-state index is 15.2. The third-order valence-corrected chi connectivity index (χ3v) is 33.7. The second-order valence-corrected chi connectivity index (χ2v) is 48.1. The smallest absolute Gasteiger partial charge is 0.347 e. The summed E-state index contributed by atoms with van der Waals surface area (Å²) in [5.41, 5.74) is 18.2. The van der Waals surface area contributed by atoms with Crippen LogP contribution in [0.25, 0.3) is 29.4 Å². The maximum absolute atomic E-state index is 15.2. The van der Waals surface area contributed by atoms with Crippen molar-refractivity contribution in [2.75, 3.05) is 88.3 Å². The molecular weight excluding hydrogens is 1840 g/mol. The third-order valence-electron chi connectivity index (χ3n) is 33.7. The summed E-state index contributed by atoms with van der Waals surface area (Å²) in [5, 5.41) is 43.0. The minimum absolute atomic E-state index is 0.0656. The molecule has 147 heavy (non-hydrogen) atoms. The highest BCUT2D eigenvalue weighted by Crippen LogP contribution is 2.56. The Hall–Kier alpha value is -12.4. The van der Waals surface area contributed by atoms with Gasteiger partial charge in [0.1, 0.15) is 46.9 Å². The SMILES string of the molecule is CC(C)N1CCN(c2cc(C(=O)C=Cc3ccc(C(=O)OC(C=Cc4ccc(C(=O)Oc5cc(C#CC(O)c6cc(C7=CCN(C(C)C(=O)O)CC7)c7c(c6)C(C)(C)CCC7(C)C)ccc5C(=O)Oc5cc(C=CC(=O)c6cc(C7=CCN(C(C)C(=O)O)CC7)c7c(c6)C(C)(C)CCC7(C)C)ccc5C(=O)O)cc4)c4cc(N5CCN(C(C)C)CC5)c5c(c4)C(C)(C)CCC5(C)C)cc3)cc3c2C(C)(C)CCC3(C)C)CC1. The topological polar surface area (TPSA) is 265 Å². The van der Waals surface area contributed by atoms with Gasteiger partial charge in [-0.1, -0.05) is 195 Å². The van der Waals surface area contributed by atoms with Crippen LogP contribution in [0.15, 0.2) is 164 Å². The first-order valence-electron chi connectivity index (χ1n) is 52.9. The van der Waals surface area contributed by atoms with Gasteiger partial charge in [0.05, 0.1) is 11.1 Å². The number of esters is 3. The monoisotopic (exact) mass is 1990 g/mol. The van der Waals surface area contributed by atoms with Gasteiger partial charge in [0.25, 0.3) is 0 Å². The van der Waals surface area contributed by atoms with Crippen molar-refractivity contribution in [2.24, 2.45) is 0 Å². The van der Waals surface area contributed by atoms with Crippen LogP contribution in [0.2, 0.25) is 0 Å². The molecule has 0 saturated carbocycles. The number of ether oxygens (including phenoxy) is 3. The highest BCUT2D eigenvalue weighted by Gasteiger charge is 2.47. The number of aliphatic hydroxyl groups excluding tert-OH is 1. The molecule has 0 bridgehead atoms. The third kappa shape index (κ3) is 22.9. The van der Waals surface area contributed by atoms with Crippen LogP contribution in [0.1, 0.15) is 380 Å². The number of piperazine rings is 2. The number of ketones is 2. The number of carboxylic acid groups (broad SMARTS) is 3. The van der Waals surface area contributed by atoms with Crippen LogP contribution in [0, 0.1) is 11.8 Å². The Morgan fingerprint density at radius 2 is 0.762 bits per heavy atom. The van der Waals surface area contributed by atoms with E-state index in [2.05, 4.69) is 206 Å². The van der Waals surface area contributed by atoms with Crippen LogP contribution in [-0.4, -0.2) is 190 Å². The lowest BCUT2D eigenvalue weighted by molar-refractivity contribution is -0.143. The number of aliphatic hydroxyl groups is 1. The van der Waals surface area contributed by atoms with E-state index >= 15 is 14.4 Å². The maximum Gasteiger partial charge on any atom is 0.347 e. The minimum Gasteiger partial charge on any atom is -0.480 e. The van der Waals surface area contributed by atoms with Crippen LogP contribution in [0.5, 0.6) is 11.5 Å². The standard InChI is InChI=1S/C126H150N6O15/c1-77(2)127-59-63-131(64-60-127)101-75-91(73-99-111(101)125(19,20)53-49-121(99,11)12)105(135)39-29-81-23-33-87(34-24-81)116(142)145-106(92-74-100-112(126(21,22)54-50-122(100,13)14)102(76-92)132-65-61-128(62-66-132)78(3)4)42-32-82-25-35-88(36-26-82)117(143)146-108-68-84(31-41-104(134)90-70-96(86-45-57-130(58-46-86)80(6)114(138)139)110-98(72-90)120(9,10)48-52-124(110,17)18)28-38-94(108)118(144)147-107-67-83(27-37-93(107)115(140)141)30-40-103(133)89-69-95(85-43-55-129(56-44-85)79(5)113(136)137)109-97(71-89)119(7,8)47-51-123(109,15)16/h23-30,32-40,42-43,45,67-80,104,106,134H,44,46-66H2,1-22H3,(H,136,137)(H,138,139)(H,140,141). The average molecular weight is 1990 g/mol. The van der Waals surface area contributed by atoms with E-state index in [0.717, 1.165) is 160 Å². The van der Waals surface area contributed by atoms with E-state index in [1.54, 1.807) is 56.3 Å². The van der Waals surface area contributed by atoms with Crippen LogP contribution in [-0.2, 0) is 57.6 Å². The van der Waals surface area contributed by atoms with Crippen molar-refractivity contribution in [1.82, 2.24) is 19.6 Å². The molecule has 2 fully saturated rings. The number of allylic oxidation sites excluding steroid dienone is 2. The fourth-order valence-electron chi connectivity index (χ4n) is 23.5. The van der Waals surface area contributed by atoms with Crippen LogP contribution < -0.4 is 19.3 Å². The van der Waals surface area contributed by atoms with Gasteiger partial charge in [-0.25, -0.2) is 19.2 Å². The lowest BCUT2D eigenvalue weighted by atomic mass is 9.61.